The van der Waals surface area contributed by atoms with Crippen LogP contribution >= 0.6 is 23.4 Å². The number of rotatable bonds is 10. The Morgan fingerprint density at radius 2 is 2.06 bits per heavy atom. The van der Waals surface area contributed by atoms with Crippen molar-refractivity contribution >= 4 is 46.4 Å². The van der Waals surface area contributed by atoms with E-state index in [2.05, 4.69) is 17.5 Å². The van der Waals surface area contributed by atoms with Gasteiger partial charge in [-0.15, -0.1) is 5.53 Å². The van der Waals surface area contributed by atoms with Crippen molar-refractivity contribution in [2.45, 2.75) is 19.8 Å². The normalized spacial score (nSPS) is 12.3. The molecule has 31 heavy (non-hydrogen) atoms. The summed E-state index contributed by atoms with van der Waals surface area (Å²) in [5, 5.41) is 13.1. The minimum absolute atomic E-state index is 0.0528. The number of aromatic hydroxyl groups is 1. The Labute approximate surface area is 191 Å². The first kappa shape index (κ1) is 23.1. The third kappa shape index (κ3) is 5.78. The molecule has 2 aromatic carbocycles. The van der Waals surface area contributed by atoms with Gasteiger partial charge in [0.2, 0.25) is 0 Å². The van der Waals surface area contributed by atoms with Crippen molar-refractivity contribution in [1.82, 2.24) is 5.53 Å². The average Bonchev–Trinajstić information content (AvgIpc) is 3.16. The van der Waals surface area contributed by atoms with E-state index in [4.69, 9.17) is 21.1 Å². The maximum Gasteiger partial charge on any atom is 0.333 e. The zero-order valence-corrected chi connectivity index (χ0v) is 19.1. The van der Waals surface area contributed by atoms with Crippen LogP contribution < -0.4 is 20.7 Å². The van der Waals surface area contributed by atoms with Crippen molar-refractivity contribution in [2.24, 2.45) is 0 Å². The van der Waals surface area contributed by atoms with Gasteiger partial charge in [-0.05, 0) is 61.4 Å². The fraction of sp³-hybridized carbons (Fsp3) is 0.318. The third-order valence-electron chi connectivity index (χ3n) is 4.64. The van der Waals surface area contributed by atoms with Crippen LogP contribution in [0.4, 0.5) is 17.1 Å². The van der Waals surface area contributed by atoms with E-state index in [1.54, 1.807) is 29.8 Å². The summed E-state index contributed by atoms with van der Waals surface area (Å²) in [6.45, 7) is 5.58. The van der Waals surface area contributed by atoms with Crippen LogP contribution in [0.3, 0.4) is 0 Å². The largest absolute Gasteiger partial charge is 0.503 e. The predicted octanol–water partition coefficient (Wildman–Crippen LogP) is 4.82. The van der Waals surface area contributed by atoms with Gasteiger partial charge >= 0.3 is 5.97 Å². The van der Waals surface area contributed by atoms with E-state index in [9.17, 15) is 9.90 Å². The van der Waals surface area contributed by atoms with Crippen LogP contribution in [0.2, 0.25) is 5.02 Å². The highest BCUT2D eigenvalue weighted by atomic mass is 35.5. The number of hydrogen-bond donors (Lipinski definition) is 3. The summed E-state index contributed by atoms with van der Waals surface area (Å²) in [4.78, 5) is 11.4. The molecule has 0 saturated heterocycles. The van der Waals surface area contributed by atoms with Gasteiger partial charge < -0.3 is 20.0 Å². The van der Waals surface area contributed by atoms with E-state index in [1.165, 1.54) is 7.11 Å². The summed E-state index contributed by atoms with van der Waals surface area (Å²) in [6.07, 6.45) is 1.75. The van der Waals surface area contributed by atoms with E-state index >= 15 is 0 Å². The molecule has 0 fully saturated rings. The Bertz CT molecular complexity index is 970. The number of carbonyl (C=O) groups excluding carboxylic acids is 1. The van der Waals surface area contributed by atoms with Crippen molar-refractivity contribution < 1.29 is 19.4 Å². The molecule has 1 heterocycles. The number of phenols is 1. The van der Waals surface area contributed by atoms with E-state index in [0.717, 1.165) is 41.3 Å². The molecule has 0 unspecified atom stereocenters. The number of fused-ring (bicyclic) bond motifs is 1. The summed E-state index contributed by atoms with van der Waals surface area (Å²) < 4.78 is 10.5. The number of hydrazine groups is 2. The minimum atomic E-state index is -0.349. The molecule has 1 aliphatic rings. The van der Waals surface area contributed by atoms with E-state index in [1.807, 2.05) is 24.3 Å². The molecule has 0 saturated carbocycles. The number of nitrogens with zero attached hydrogens (tertiary/aromatic N) is 1. The number of halogens is 1. The van der Waals surface area contributed by atoms with E-state index in [-0.39, 0.29) is 11.7 Å². The molecule has 1 aliphatic heterocycles. The van der Waals surface area contributed by atoms with Crippen LogP contribution in [0, 0.1) is 0 Å². The fourth-order valence-corrected chi connectivity index (χ4v) is 4.01. The quantitative estimate of drug-likeness (QED) is 0.263. The summed E-state index contributed by atoms with van der Waals surface area (Å²) in [6, 6.07) is 9.28. The zero-order chi connectivity index (χ0) is 22.4. The Morgan fingerprint density at radius 1 is 1.26 bits per heavy atom. The molecule has 9 heteroatoms. The third-order valence-corrected chi connectivity index (χ3v) is 5.91. The number of hydrogen-bond acceptors (Lipinski definition) is 8. The summed E-state index contributed by atoms with van der Waals surface area (Å²) >= 11 is 7.80. The molecule has 0 aromatic heterocycles. The van der Waals surface area contributed by atoms with Gasteiger partial charge in [0.05, 0.1) is 18.5 Å². The number of phenolic OH excluding ortho intramolecular Hbond substituents is 1. The number of esters is 1. The van der Waals surface area contributed by atoms with Gasteiger partial charge in [0, 0.05) is 16.3 Å². The molecular weight excluding hydrogens is 438 g/mol. The van der Waals surface area contributed by atoms with Gasteiger partial charge in [0.15, 0.2) is 11.5 Å². The average molecular weight is 464 g/mol. The molecular formula is C22H26ClN3O4S. The number of methoxy groups -OCH3 is 1. The van der Waals surface area contributed by atoms with Crippen molar-refractivity contribution in [3.63, 3.8) is 0 Å². The lowest BCUT2D eigenvalue weighted by Gasteiger charge is -2.21. The van der Waals surface area contributed by atoms with Gasteiger partial charge in [-0.25, -0.2) is 4.79 Å². The van der Waals surface area contributed by atoms with Crippen LogP contribution in [0.25, 0.3) is 0 Å². The van der Waals surface area contributed by atoms with Crippen LogP contribution in [0.1, 0.15) is 18.9 Å². The second-order valence-electron chi connectivity index (χ2n) is 7.03. The molecule has 0 spiro atoms. The van der Waals surface area contributed by atoms with Crippen molar-refractivity contribution in [3.05, 3.63) is 53.1 Å². The van der Waals surface area contributed by atoms with Crippen LogP contribution in [-0.4, -0.2) is 36.3 Å². The predicted molar refractivity (Wildman–Crippen MR) is 126 cm³/mol. The Morgan fingerprint density at radius 3 is 2.81 bits per heavy atom. The lowest BCUT2D eigenvalue weighted by atomic mass is 10.1. The molecule has 3 N–H and O–H groups in total. The number of ether oxygens (including phenoxy) is 2. The minimum Gasteiger partial charge on any atom is -0.503 e. The standard InChI is InChI=1S/C22H26ClN3O4S/c1-14(2)22(28)30-8-10-31-9-4-5-15-11-19(21(27)20(12-15)29-3)26-18-7-6-16(23)13-17(18)24-25-26/h6-7,11-13,24-25,27H,1,4-5,8-10H2,2-3H3. The Balaban J connectivity index is 1.60. The van der Waals surface area contributed by atoms with Gasteiger partial charge in [-0.1, -0.05) is 18.2 Å². The molecule has 2 aromatic rings. The molecule has 3 rings (SSSR count). The molecule has 166 valence electrons. The highest BCUT2D eigenvalue weighted by Gasteiger charge is 2.24. The lowest BCUT2D eigenvalue weighted by molar-refractivity contribution is -0.138. The van der Waals surface area contributed by atoms with Crippen LogP contribution in [0.15, 0.2) is 42.5 Å². The van der Waals surface area contributed by atoms with Gasteiger partial charge in [0.1, 0.15) is 12.3 Å². The highest BCUT2D eigenvalue weighted by molar-refractivity contribution is 7.99. The maximum absolute atomic E-state index is 11.4. The molecule has 0 radical (unpaired) electrons. The number of benzene rings is 2. The smallest absolute Gasteiger partial charge is 0.333 e. The second kappa shape index (κ2) is 10.7. The van der Waals surface area contributed by atoms with Crippen molar-refractivity contribution in [2.75, 3.05) is 35.7 Å². The van der Waals surface area contributed by atoms with Gasteiger partial charge in [0.25, 0.3) is 0 Å². The van der Waals surface area contributed by atoms with Crippen LogP contribution in [-0.2, 0) is 16.0 Å². The van der Waals surface area contributed by atoms with Crippen molar-refractivity contribution in [1.29, 1.82) is 0 Å². The maximum atomic E-state index is 11.4. The molecule has 0 atom stereocenters. The first-order chi connectivity index (χ1) is 14.9. The second-order valence-corrected chi connectivity index (χ2v) is 8.69. The summed E-state index contributed by atoms with van der Waals surface area (Å²) in [5.41, 5.74) is 9.81. The highest BCUT2D eigenvalue weighted by Crippen LogP contribution is 2.44. The topological polar surface area (TPSA) is 83.1 Å². The number of carbonyl (C=O) groups is 1. The van der Waals surface area contributed by atoms with Crippen LogP contribution in [0.5, 0.6) is 11.5 Å². The summed E-state index contributed by atoms with van der Waals surface area (Å²) in [7, 11) is 1.54. The number of anilines is 3. The molecule has 0 bridgehead atoms. The SMILES string of the molecule is C=C(C)C(=O)OCCSCCCc1cc(OC)c(O)c(N2NNc3cc(Cl)ccc32)c1. The van der Waals surface area contributed by atoms with Gasteiger partial charge in [-0.2, -0.15) is 11.8 Å². The summed E-state index contributed by atoms with van der Waals surface area (Å²) in [5.74, 6) is 1.78. The van der Waals surface area contributed by atoms with E-state index < -0.39 is 0 Å². The van der Waals surface area contributed by atoms with Gasteiger partial charge in [-0.3, -0.25) is 5.01 Å². The zero-order valence-electron chi connectivity index (χ0n) is 17.5. The van der Waals surface area contributed by atoms with Crippen molar-refractivity contribution in [3.8, 4) is 11.5 Å². The lowest BCUT2D eigenvalue weighted by Crippen LogP contribution is -2.31. The molecule has 7 nitrogen and oxygen atoms in total. The monoisotopic (exact) mass is 463 g/mol. The number of nitrogens with one attached hydrogen (secondary N) is 2. The number of thioether (sulfide) groups is 1. The Kier molecular flexibility index (Phi) is 7.95. The molecule has 0 amide bonds. The first-order valence-corrected chi connectivity index (χ1v) is 11.4. The number of aryl methyl sites for hydroxylation is 1. The fourth-order valence-electron chi connectivity index (χ4n) is 3.09. The first-order valence-electron chi connectivity index (χ1n) is 9.82. The van der Waals surface area contributed by atoms with E-state index in [0.29, 0.717) is 28.6 Å². The molecule has 0 aliphatic carbocycles. The Hall–Kier alpha value is -2.55.